The number of imidazole rings is 1. The first kappa shape index (κ1) is 30.6. The Morgan fingerprint density at radius 2 is 1.19 bits per heavy atom. The first-order chi connectivity index (χ1) is 26.7. The predicted octanol–water partition coefficient (Wildman–Crippen LogP) is 11.1. The van der Waals surface area contributed by atoms with Crippen LogP contribution in [0, 0.1) is 6.92 Å². The van der Waals surface area contributed by atoms with Gasteiger partial charge in [0.25, 0.3) is 6.33 Å². The van der Waals surface area contributed by atoms with E-state index in [1.165, 1.54) is 49.7 Å². The number of rotatable bonds is 5. The summed E-state index contributed by atoms with van der Waals surface area (Å²) in [7, 11) is 0. The van der Waals surface area contributed by atoms with E-state index in [4.69, 9.17) is 4.98 Å². The Hall–Kier alpha value is -7.04. The molecule has 3 heterocycles. The monoisotopic (exact) mass is 691 g/mol. The summed E-state index contributed by atoms with van der Waals surface area (Å²) in [5.74, 6) is 0.924. The summed E-state index contributed by atoms with van der Waals surface area (Å²) in [6.07, 6.45) is 4.14. The van der Waals surface area contributed by atoms with Crippen molar-refractivity contribution in [1.29, 1.82) is 0 Å². The molecule has 1 aliphatic rings. The maximum atomic E-state index is 4.91. The number of pyridine rings is 1. The molecule has 3 aromatic heterocycles. The maximum Gasteiger partial charge on any atom is 0.255 e. The van der Waals surface area contributed by atoms with Gasteiger partial charge < -0.3 is 0 Å². The number of para-hydroxylation sites is 4. The highest BCUT2D eigenvalue weighted by Gasteiger charge is 2.46. The fraction of sp³-hybridized carbons (Fsp3) is 0.0400. The molecule has 11 rings (SSSR count). The second kappa shape index (κ2) is 11.7. The normalized spacial score (nSPS) is 13.1. The van der Waals surface area contributed by atoms with Gasteiger partial charge >= 0.3 is 0 Å². The predicted molar refractivity (Wildman–Crippen MR) is 219 cm³/mol. The minimum Gasteiger partial charge on any atom is -0.294 e. The van der Waals surface area contributed by atoms with E-state index in [2.05, 4.69) is 209 Å². The molecule has 10 aromatic rings. The number of hydrogen-bond acceptors (Lipinski definition) is 1. The largest absolute Gasteiger partial charge is 0.294 e. The number of aryl methyl sites for hydroxylation is 1. The van der Waals surface area contributed by atoms with Crippen molar-refractivity contribution < 1.29 is 4.57 Å². The molecule has 0 bridgehead atoms. The molecule has 4 heteroatoms. The molecule has 0 radical (unpaired) electrons. The van der Waals surface area contributed by atoms with Crippen LogP contribution in [-0.4, -0.2) is 14.1 Å². The molecule has 254 valence electrons. The minimum atomic E-state index is -0.586. The zero-order valence-corrected chi connectivity index (χ0v) is 29.8. The van der Waals surface area contributed by atoms with E-state index in [1.807, 2.05) is 6.20 Å². The topological polar surface area (TPSA) is 26.6 Å². The summed E-state index contributed by atoms with van der Waals surface area (Å²) in [5, 5.41) is 2.43. The van der Waals surface area contributed by atoms with E-state index in [0.717, 1.165) is 39.3 Å². The lowest BCUT2D eigenvalue weighted by Crippen LogP contribution is -2.29. The SMILES string of the molecule is Cc1ccnc(-n2c3ccccc3c3ccc(C4(c5cccc(-n6c[n+](-c7ccccc7)c7ccccc76)c5)c5ccccc5-c5ccccc54)cc32)c1. The summed E-state index contributed by atoms with van der Waals surface area (Å²) in [5.41, 5.74) is 15.0. The summed E-state index contributed by atoms with van der Waals surface area (Å²) >= 11 is 0. The van der Waals surface area contributed by atoms with Crippen molar-refractivity contribution in [3.63, 3.8) is 0 Å². The Labute approximate surface area is 313 Å². The van der Waals surface area contributed by atoms with Crippen LogP contribution in [0.4, 0.5) is 0 Å². The van der Waals surface area contributed by atoms with Crippen molar-refractivity contribution >= 4 is 32.8 Å². The number of nitrogens with zero attached hydrogens (tertiary/aromatic N) is 4. The number of benzene rings is 7. The van der Waals surface area contributed by atoms with Crippen LogP contribution in [0.5, 0.6) is 0 Å². The molecule has 0 N–H and O–H groups in total. The van der Waals surface area contributed by atoms with Crippen LogP contribution in [0.1, 0.15) is 27.8 Å². The molecule has 54 heavy (non-hydrogen) atoms. The molecule has 7 aromatic carbocycles. The van der Waals surface area contributed by atoms with Crippen molar-refractivity contribution in [2.24, 2.45) is 0 Å². The van der Waals surface area contributed by atoms with Gasteiger partial charge in [-0.2, -0.15) is 9.13 Å². The average Bonchev–Trinajstić information content (AvgIpc) is 3.88. The standard InChI is InChI=1S/C50H35N4/c1-34-28-29-51-49(30-34)54-45-23-10-7-20-41(45)42-27-26-36(32-48(42)54)50(43-21-8-5-18-39(43)40-19-6-9-22-44(40)50)35-14-13-17-38(31-35)53-33-52(37-15-3-2-4-16-37)46-24-11-12-25-47(46)53/h2-33H,1H3/q+1. The van der Waals surface area contributed by atoms with Gasteiger partial charge in [0.15, 0.2) is 11.0 Å². The highest BCUT2D eigenvalue weighted by molar-refractivity contribution is 6.09. The van der Waals surface area contributed by atoms with Crippen molar-refractivity contribution in [2.75, 3.05) is 0 Å². The summed E-state index contributed by atoms with van der Waals surface area (Å²) < 4.78 is 6.95. The van der Waals surface area contributed by atoms with Crippen LogP contribution in [0.2, 0.25) is 0 Å². The van der Waals surface area contributed by atoms with Crippen LogP contribution in [0.3, 0.4) is 0 Å². The second-order valence-electron chi connectivity index (χ2n) is 14.3. The molecule has 0 saturated carbocycles. The zero-order chi connectivity index (χ0) is 35.8. The highest BCUT2D eigenvalue weighted by atomic mass is 15.1. The Balaban J connectivity index is 1.22. The van der Waals surface area contributed by atoms with Gasteiger partial charge in [-0.05, 0) is 107 Å². The lowest BCUT2D eigenvalue weighted by molar-refractivity contribution is -0.567. The van der Waals surface area contributed by atoms with Gasteiger partial charge in [-0.3, -0.25) is 4.57 Å². The van der Waals surface area contributed by atoms with Crippen molar-refractivity contribution in [1.82, 2.24) is 14.1 Å². The molecule has 0 atom stereocenters. The summed E-state index contributed by atoms with van der Waals surface area (Å²) in [6.45, 7) is 2.13. The van der Waals surface area contributed by atoms with Gasteiger partial charge in [-0.25, -0.2) is 4.98 Å². The Morgan fingerprint density at radius 1 is 0.519 bits per heavy atom. The summed E-state index contributed by atoms with van der Waals surface area (Å²) in [6, 6.07) is 66.4. The first-order valence-corrected chi connectivity index (χ1v) is 18.5. The van der Waals surface area contributed by atoms with E-state index in [9.17, 15) is 0 Å². The van der Waals surface area contributed by atoms with E-state index < -0.39 is 5.41 Å². The number of fused-ring (bicyclic) bond motifs is 7. The summed E-state index contributed by atoms with van der Waals surface area (Å²) in [4.78, 5) is 4.91. The van der Waals surface area contributed by atoms with Gasteiger partial charge in [0.05, 0.1) is 16.4 Å². The molecular formula is C50H35N4+. The van der Waals surface area contributed by atoms with Crippen LogP contribution < -0.4 is 4.57 Å². The van der Waals surface area contributed by atoms with Gasteiger partial charge in [0, 0.05) is 17.0 Å². The van der Waals surface area contributed by atoms with Crippen LogP contribution in [0.15, 0.2) is 195 Å². The van der Waals surface area contributed by atoms with Crippen molar-refractivity contribution in [3.8, 4) is 28.3 Å². The molecule has 0 fully saturated rings. The first-order valence-electron chi connectivity index (χ1n) is 18.5. The molecule has 0 unspecified atom stereocenters. The zero-order valence-electron chi connectivity index (χ0n) is 29.8. The van der Waals surface area contributed by atoms with Crippen LogP contribution >= 0.6 is 0 Å². The van der Waals surface area contributed by atoms with Crippen molar-refractivity contribution in [3.05, 3.63) is 222 Å². The van der Waals surface area contributed by atoms with Crippen molar-refractivity contribution in [2.45, 2.75) is 12.3 Å². The Kier molecular flexibility index (Phi) is 6.65. The molecule has 4 nitrogen and oxygen atoms in total. The molecule has 0 aliphatic heterocycles. The quantitative estimate of drug-likeness (QED) is 0.165. The lowest BCUT2D eigenvalue weighted by Gasteiger charge is -2.34. The third kappa shape index (κ3) is 4.31. The third-order valence-corrected chi connectivity index (χ3v) is 11.4. The third-order valence-electron chi connectivity index (χ3n) is 11.4. The molecule has 0 spiro atoms. The fourth-order valence-electron chi connectivity index (χ4n) is 9.12. The Morgan fingerprint density at radius 3 is 1.98 bits per heavy atom. The van der Waals surface area contributed by atoms with Crippen LogP contribution in [0.25, 0.3) is 61.2 Å². The van der Waals surface area contributed by atoms with Gasteiger partial charge in [0.1, 0.15) is 17.2 Å². The lowest BCUT2D eigenvalue weighted by atomic mass is 9.67. The second-order valence-corrected chi connectivity index (χ2v) is 14.3. The number of aromatic nitrogens is 4. The van der Waals surface area contributed by atoms with E-state index in [0.29, 0.717) is 0 Å². The minimum absolute atomic E-state index is 0.586. The van der Waals surface area contributed by atoms with Gasteiger partial charge in [-0.15, -0.1) is 0 Å². The maximum absolute atomic E-state index is 4.91. The van der Waals surface area contributed by atoms with Gasteiger partial charge in [0.2, 0.25) is 0 Å². The van der Waals surface area contributed by atoms with E-state index >= 15 is 0 Å². The van der Waals surface area contributed by atoms with Gasteiger partial charge in [-0.1, -0.05) is 121 Å². The fourth-order valence-corrected chi connectivity index (χ4v) is 9.12. The van der Waals surface area contributed by atoms with E-state index in [-0.39, 0.29) is 0 Å². The molecular weight excluding hydrogens is 657 g/mol. The molecule has 0 amide bonds. The molecule has 0 saturated heterocycles. The van der Waals surface area contributed by atoms with Crippen LogP contribution in [-0.2, 0) is 5.41 Å². The Bertz CT molecular complexity index is 3030. The highest BCUT2D eigenvalue weighted by Crippen LogP contribution is 2.56. The smallest absolute Gasteiger partial charge is 0.255 e. The molecule has 1 aliphatic carbocycles. The van der Waals surface area contributed by atoms with E-state index in [1.54, 1.807) is 0 Å². The number of hydrogen-bond donors (Lipinski definition) is 0. The average molecular weight is 692 g/mol.